The quantitative estimate of drug-likeness (QED) is 0.832. The molecule has 2 unspecified atom stereocenters. The highest BCUT2D eigenvalue weighted by atomic mass is 19.1. The van der Waals surface area contributed by atoms with Crippen LogP contribution >= 0.6 is 0 Å². The van der Waals surface area contributed by atoms with Crippen LogP contribution in [-0.4, -0.2) is 29.0 Å². The lowest BCUT2D eigenvalue weighted by molar-refractivity contribution is -0.00965. The van der Waals surface area contributed by atoms with Gasteiger partial charge in [0.25, 0.3) is 0 Å². The second-order valence-corrected chi connectivity index (χ2v) is 3.70. The zero-order chi connectivity index (χ0) is 12.8. The van der Waals surface area contributed by atoms with E-state index in [0.717, 1.165) is 5.56 Å². The predicted molar refractivity (Wildman–Crippen MR) is 63.6 cm³/mol. The molecule has 0 amide bonds. The van der Waals surface area contributed by atoms with Crippen LogP contribution in [-0.2, 0) is 6.42 Å². The lowest BCUT2D eigenvalue weighted by Gasteiger charge is -2.28. The average molecular weight is 242 g/mol. The average Bonchev–Trinajstić information content (AvgIpc) is 2.39. The molecule has 0 radical (unpaired) electrons. The Balaban J connectivity index is 0.000000686. The Morgan fingerprint density at radius 2 is 2.18 bits per heavy atom. The number of aryl methyl sites for hydroxylation is 1. The standard InChI is InChI=1S/C11H13FO3.C2H6/c12-8-2-4-10-7(5-8)1-3-11(15-10)9(14)6-13;1-2/h2,4-5,9,11,13-14H,1,3,6H2;1-2H3. The number of fused-ring (bicyclic) bond motifs is 1. The fourth-order valence-electron chi connectivity index (χ4n) is 1.77. The molecule has 1 heterocycles. The third kappa shape index (κ3) is 3.41. The van der Waals surface area contributed by atoms with Gasteiger partial charge >= 0.3 is 0 Å². The zero-order valence-corrected chi connectivity index (χ0v) is 10.2. The molecule has 2 rings (SSSR count). The molecule has 0 bridgehead atoms. The molecule has 2 N–H and O–H groups in total. The molecule has 0 fully saturated rings. The molecule has 17 heavy (non-hydrogen) atoms. The SMILES string of the molecule is CC.OCC(O)C1CCc2cc(F)ccc2O1. The molecular weight excluding hydrogens is 223 g/mol. The first-order chi connectivity index (χ1) is 8.20. The van der Waals surface area contributed by atoms with Crippen molar-refractivity contribution in [2.75, 3.05) is 6.61 Å². The number of benzene rings is 1. The van der Waals surface area contributed by atoms with Crippen LogP contribution in [0.1, 0.15) is 25.8 Å². The molecule has 1 aliphatic rings. The van der Waals surface area contributed by atoms with Gasteiger partial charge in [0.2, 0.25) is 0 Å². The Morgan fingerprint density at radius 3 is 2.82 bits per heavy atom. The number of rotatable bonds is 2. The van der Waals surface area contributed by atoms with E-state index >= 15 is 0 Å². The molecule has 1 aliphatic heterocycles. The minimum atomic E-state index is -0.872. The largest absolute Gasteiger partial charge is 0.487 e. The number of aliphatic hydroxyl groups is 2. The number of aliphatic hydroxyl groups excluding tert-OH is 2. The maximum atomic E-state index is 12.9. The summed E-state index contributed by atoms with van der Waals surface area (Å²) in [6.45, 7) is 3.68. The van der Waals surface area contributed by atoms with Crippen molar-refractivity contribution in [2.24, 2.45) is 0 Å². The van der Waals surface area contributed by atoms with Crippen LogP contribution in [0.3, 0.4) is 0 Å². The van der Waals surface area contributed by atoms with Crippen LogP contribution in [0.2, 0.25) is 0 Å². The Bertz CT molecular complexity index is 355. The Kier molecular flexibility index (Phi) is 5.38. The van der Waals surface area contributed by atoms with Crippen molar-refractivity contribution in [3.8, 4) is 5.75 Å². The van der Waals surface area contributed by atoms with E-state index in [2.05, 4.69) is 0 Å². The first kappa shape index (κ1) is 13.9. The van der Waals surface area contributed by atoms with Crippen molar-refractivity contribution >= 4 is 0 Å². The van der Waals surface area contributed by atoms with Crippen molar-refractivity contribution in [3.63, 3.8) is 0 Å². The highest BCUT2D eigenvalue weighted by Crippen LogP contribution is 2.29. The molecule has 4 heteroatoms. The summed E-state index contributed by atoms with van der Waals surface area (Å²) in [7, 11) is 0. The lowest BCUT2D eigenvalue weighted by Crippen LogP contribution is -2.37. The Hall–Kier alpha value is -1.13. The molecular formula is C13H19FO3. The smallest absolute Gasteiger partial charge is 0.127 e. The monoisotopic (exact) mass is 242 g/mol. The van der Waals surface area contributed by atoms with Crippen molar-refractivity contribution in [3.05, 3.63) is 29.6 Å². The van der Waals surface area contributed by atoms with E-state index in [1.165, 1.54) is 12.1 Å². The minimum Gasteiger partial charge on any atom is -0.487 e. The third-order valence-electron chi connectivity index (χ3n) is 2.62. The van der Waals surface area contributed by atoms with Crippen molar-refractivity contribution in [1.29, 1.82) is 0 Å². The second kappa shape index (κ2) is 6.57. The van der Waals surface area contributed by atoms with Gasteiger partial charge in [-0.3, -0.25) is 0 Å². The summed E-state index contributed by atoms with van der Waals surface area (Å²) < 4.78 is 18.3. The van der Waals surface area contributed by atoms with Crippen LogP contribution in [0.25, 0.3) is 0 Å². The summed E-state index contributed by atoms with van der Waals surface area (Å²) in [5.41, 5.74) is 0.816. The lowest BCUT2D eigenvalue weighted by atomic mass is 9.99. The molecule has 3 nitrogen and oxygen atoms in total. The molecule has 1 aromatic rings. The van der Waals surface area contributed by atoms with E-state index in [4.69, 9.17) is 9.84 Å². The van der Waals surface area contributed by atoms with Gasteiger partial charge in [0.15, 0.2) is 0 Å². The minimum absolute atomic E-state index is 0.279. The molecule has 2 atom stereocenters. The van der Waals surface area contributed by atoms with Crippen LogP contribution in [0.15, 0.2) is 18.2 Å². The molecule has 0 saturated carbocycles. The molecule has 1 aromatic carbocycles. The molecule has 0 aliphatic carbocycles. The number of hydrogen-bond acceptors (Lipinski definition) is 3. The van der Waals surface area contributed by atoms with Crippen LogP contribution in [0.4, 0.5) is 4.39 Å². The highest BCUT2D eigenvalue weighted by Gasteiger charge is 2.25. The molecule has 0 saturated heterocycles. The molecule has 0 spiro atoms. The summed E-state index contributed by atoms with van der Waals surface area (Å²) >= 11 is 0. The van der Waals surface area contributed by atoms with Gasteiger partial charge in [-0.05, 0) is 36.6 Å². The highest BCUT2D eigenvalue weighted by molar-refractivity contribution is 5.35. The van der Waals surface area contributed by atoms with Gasteiger partial charge in [-0.25, -0.2) is 4.39 Å². The van der Waals surface area contributed by atoms with Gasteiger partial charge in [-0.1, -0.05) is 13.8 Å². The maximum Gasteiger partial charge on any atom is 0.127 e. The molecule has 96 valence electrons. The van der Waals surface area contributed by atoms with Gasteiger partial charge in [0.05, 0.1) is 6.61 Å². The number of hydrogen-bond donors (Lipinski definition) is 2. The van der Waals surface area contributed by atoms with Gasteiger partial charge in [0.1, 0.15) is 23.8 Å². The van der Waals surface area contributed by atoms with Crippen LogP contribution < -0.4 is 4.74 Å². The fourth-order valence-corrected chi connectivity index (χ4v) is 1.77. The summed E-state index contributed by atoms with van der Waals surface area (Å²) in [5.74, 6) is 0.318. The number of halogens is 1. The maximum absolute atomic E-state index is 12.9. The summed E-state index contributed by atoms with van der Waals surface area (Å²) in [5, 5.41) is 18.2. The topological polar surface area (TPSA) is 49.7 Å². The first-order valence-electron chi connectivity index (χ1n) is 5.94. The van der Waals surface area contributed by atoms with E-state index in [9.17, 15) is 9.50 Å². The van der Waals surface area contributed by atoms with Gasteiger partial charge in [0, 0.05) is 0 Å². The van der Waals surface area contributed by atoms with E-state index in [1.54, 1.807) is 6.07 Å². The second-order valence-electron chi connectivity index (χ2n) is 3.70. The Morgan fingerprint density at radius 1 is 1.47 bits per heavy atom. The molecule has 0 aromatic heterocycles. The summed E-state index contributed by atoms with van der Waals surface area (Å²) in [6.07, 6.45) is -0.0105. The van der Waals surface area contributed by atoms with Gasteiger partial charge in [-0.2, -0.15) is 0 Å². The van der Waals surface area contributed by atoms with Crippen molar-refractivity contribution in [2.45, 2.75) is 38.9 Å². The van der Waals surface area contributed by atoms with Crippen molar-refractivity contribution in [1.82, 2.24) is 0 Å². The number of ether oxygens (including phenoxy) is 1. The van der Waals surface area contributed by atoms with E-state index < -0.39 is 12.2 Å². The fraction of sp³-hybridized carbons (Fsp3) is 0.538. The summed E-state index contributed by atoms with van der Waals surface area (Å²) in [6, 6.07) is 4.32. The van der Waals surface area contributed by atoms with Gasteiger partial charge in [-0.15, -0.1) is 0 Å². The van der Waals surface area contributed by atoms with E-state index in [1.807, 2.05) is 13.8 Å². The van der Waals surface area contributed by atoms with Crippen LogP contribution in [0.5, 0.6) is 5.75 Å². The first-order valence-corrected chi connectivity index (χ1v) is 5.94. The predicted octanol–water partition coefficient (Wildman–Crippen LogP) is 1.90. The van der Waals surface area contributed by atoms with Gasteiger partial charge < -0.3 is 14.9 Å². The van der Waals surface area contributed by atoms with Crippen molar-refractivity contribution < 1.29 is 19.3 Å². The normalized spacial score (nSPS) is 19.5. The Labute approximate surface area is 101 Å². The summed E-state index contributed by atoms with van der Waals surface area (Å²) in [4.78, 5) is 0. The van der Waals surface area contributed by atoms with E-state index in [0.29, 0.717) is 18.6 Å². The third-order valence-corrected chi connectivity index (χ3v) is 2.62. The van der Waals surface area contributed by atoms with Crippen LogP contribution in [0, 0.1) is 5.82 Å². The zero-order valence-electron chi connectivity index (χ0n) is 10.2. The van der Waals surface area contributed by atoms with E-state index in [-0.39, 0.29) is 12.4 Å².